The third kappa shape index (κ3) is 1.70. The van der Waals surface area contributed by atoms with Crippen molar-refractivity contribution in [2.45, 2.75) is 50.9 Å². The number of furan rings is 1. The minimum atomic E-state index is 0.420. The second-order valence-corrected chi connectivity index (χ2v) is 4.91. The van der Waals surface area contributed by atoms with Crippen molar-refractivity contribution in [1.29, 1.82) is 0 Å². The highest BCUT2D eigenvalue weighted by Crippen LogP contribution is 2.30. The van der Waals surface area contributed by atoms with Crippen molar-refractivity contribution in [1.82, 2.24) is 4.90 Å². The predicted octanol–water partition coefficient (Wildman–Crippen LogP) is 1.87. The molecule has 82 valence electrons. The monoisotopic (exact) mass is 206 g/mol. The Labute approximate surface area is 90.2 Å². The van der Waals surface area contributed by atoms with Gasteiger partial charge in [0.2, 0.25) is 0 Å². The van der Waals surface area contributed by atoms with Gasteiger partial charge in [-0.1, -0.05) is 6.42 Å². The average Bonchev–Trinajstić information content (AvgIpc) is 2.76. The van der Waals surface area contributed by atoms with Crippen LogP contribution >= 0.6 is 0 Å². The molecule has 1 fully saturated rings. The zero-order valence-corrected chi connectivity index (χ0v) is 8.98. The van der Waals surface area contributed by atoms with Crippen LogP contribution < -0.4 is 5.73 Å². The molecule has 3 rings (SSSR count). The molecule has 15 heavy (non-hydrogen) atoms. The molecule has 1 aliphatic heterocycles. The Kier molecular flexibility index (Phi) is 2.29. The van der Waals surface area contributed by atoms with E-state index in [4.69, 9.17) is 10.2 Å². The predicted molar refractivity (Wildman–Crippen MR) is 58.2 cm³/mol. The Morgan fingerprint density at radius 1 is 1.20 bits per heavy atom. The zero-order valence-electron chi connectivity index (χ0n) is 8.98. The van der Waals surface area contributed by atoms with Crippen LogP contribution in [0.5, 0.6) is 0 Å². The van der Waals surface area contributed by atoms with Crippen molar-refractivity contribution >= 4 is 0 Å². The van der Waals surface area contributed by atoms with E-state index in [-0.39, 0.29) is 0 Å². The smallest absolute Gasteiger partial charge is 0.0951 e. The number of nitrogens with two attached hydrogens (primary N) is 1. The van der Waals surface area contributed by atoms with E-state index in [9.17, 15) is 0 Å². The van der Waals surface area contributed by atoms with Gasteiger partial charge in [0.1, 0.15) is 0 Å². The summed E-state index contributed by atoms with van der Waals surface area (Å²) in [5.41, 5.74) is 8.77. The van der Waals surface area contributed by atoms with Gasteiger partial charge >= 0.3 is 0 Å². The van der Waals surface area contributed by atoms with Crippen molar-refractivity contribution in [3.8, 4) is 0 Å². The summed E-state index contributed by atoms with van der Waals surface area (Å²) >= 11 is 0. The molecule has 0 aromatic carbocycles. The molecule has 1 aromatic rings. The zero-order chi connectivity index (χ0) is 10.3. The SMILES string of the molecule is N[C@@H]1CCC[C@H](N2Cc3cocc3C2)C1. The molecule has 0 spiro atoms. The van der Waals surface area contributed by atoms with Crippen LogP contribution in [0.2, 0.25) is 0 Å². The topological polar surface area (TPSA) is 42.4 Å². The summed E-state index contributed by atoms with van der Waals surface area (Å²) in [5.74, 6) is 0. The molecule has 1 aromatic heterocycles. The molecule has 2 aliphatic rings. The second kappa shape index (κ2) is 3.65. The van der Waals surface area contributed by atoms with Crippen LogP contribution in [0.25, 0.3) is 0 Å². The molecule has 1 aliphatic carbocycles. The molecular formula is C12H18N2O. The fraction of sp³-hybridized carbons (Fsp3) is 0.667. The maximum Gasteiger partial charge on any atom is 0.0951 e. The minimum Gasteiger partial charge on any atom is -0.472 e. The first-order valence-electron chi connectivity index (χ1n) is 5.86. The van der Waals surface area contributed by atoms with Gasteiger partial charge < -0.3 is 10.2 Å². The molecule has 0 bridgehead atoms. The molecule has 2 N–H and O–H groups in total. The van der Waals surface area contributed by atoms with Gasteiger partial charge in [-0.2, -0.15) is 0 Å². The fourth-order valence-electron chi connectivity index (χ4n) is 2.91. The molecule has 2 heterocycles. The van der Waals surface area contributed by atoms with Crippen molar-refractivity contribution in [2.24, 2.45) is 5.73 Å². The normalized spacial score (nSPS) is 31.8. The first-order chi connectivity index (χ1) is 7.33. The minimum absolute atomic E-state index is 0.420. The summed E-state index contributed by atoms with van der Waals surface area (Å²) in [6, 6.07) is 1.12. The highest BCUT2D eigenvalue weighted by molar-refractivity contribution is 5.25. The summed E-state index contributed by atoms with van der Waals surface area (Å²) in [7, 11) is 0. The average molecular weight is 206 g/mol. The first kappa shape index (κ1) is 9.43. The van der Waals surface area contributed by atoms with E-state index in [1.165, 1.54) is 36.8 Å². The van der Waals surface area contributed by atoms with Gasteiger partial charge in [-0.25, -0.2) is 0 Å². The van der Waals surface area contributed by atoms with Crippen LogP contribution in [0.15, 0.2) is 16.9 Å². The second-order valence-electron chi connectivity index (χ2n) is 4.91. The van der Waals surface area contributed by atoms with Gasteiger partial charge in [-0.05, 0) is 19.3 Å². The number of hydrogen-bond acceptors (Lipinski definition) is 3. The van der Waals surface area contributed by atoms with Gasteiger partial charge in [-0.3, -0.25) is 4.90 Å². The molecule has 0 saturated heterocycles. The summed E-state index contributed by atoms with van der Waals surface area (Å²) in [4.78, 5) is 2.55. The molecular weight excluding hydrogens is 188 g/mol. The third-order valence-corrected chi connectivity index (χ3v) is 3.78. The van der Waals surface area contributed by atoms with Crippen LogP contribution in [0.4, 0.5) is 0 Å². The van der Waals surface area contributed by atoms with Crippen molar-refractivity contribution in [3.63, 3.8) is 0 Å². The van der Waals surface area contributed by atoms with Crippen LogP contribution in [0, 0.1) is 0 Å². The fourth-order valence-corrected chi connectivity index (χ4v) is 2.91. The summed E-state index contributed by atoms with van der Waals surface area (Å²) in [5, 5.41) is 0. The number of nitrogens with zero attached hydrogens (tertiary/aromatic N) is 1. The number of rotatable bonds is 1. The molecule has 2 atom stereocenters. The van der Waals surface area contributed by atoms with E-state index in [2.05, 4.69) is 4.90 Å². The third-order valence-electron chi connectivity index (χ3n) is 3.78. The Hall–Kier alpha value is -0.800. The van der Waals surface area contributed by atoms with Gasteiger partial charge in [0.05, 0.1) is 12.5 Å². The van der Waals surface area contributed by atoms with Crippen molar-refractivity contribution in [2.75, 3.05) is 0 Å². The standard InChI is InChI=1S/C12H18N2O/c13-11-2-1-3-12(4-11)14-5-9-7-15-8-10(9)6-14/h7-8,11-12H,1-6,13H2/t11-,12+/m1/s1. The number of hydrogen-bond donors (Lipinski definition) is 1. The summed E-state index contributed by atoms with van der Waals surface area (Å²) in [6.45, 7) is 2.12. The van der Waals surface area contributed by atoms with Crippen LogP contribution in [-0.2, 0) is 13.1 Å². The van der Waals surface area contributed by atoms with Crippen LogP contribution in [0.3, 0.4) is 0 Å². The molecule has 0 radical (unpaired) electrons. The first-order valence-corrected chi connectivity index (χ1v) is 5.86. The van der Waals surface area contributed by atoms with Crippen LogP contribution in [0.1, 0.15) is 36.8 Å². The molecule has 0 amide bonds. The van der Waals surface area contributed by atoms with E-state index in [0.717, 1.165) is 13.1 Å². The maximum absolute atomic E-state index is 6.03. The number of fused-ring (bicyclic) bond motifs is 1. The van der Waals surface area contributed by atoms with E-state index >= 15 is 0 Å². The van der Waals surface area contributed by atoms with Gasteiger partial charge in [-0.15, -0.1) is 0 Å². The lowest BCUT2D eigenvalue weighted by atomic mass is 9.91. The lowest BCUT2D eigenvalue weighted by Gasteiger charge is -2.33. The Balaban J connectivity index is 1.68. The van der Waals surface area contributed by atoms with Crippen LogP contribution in [-0.4, -0.2) is 17.0 Å². The Bertz CT molecular complexity index is 327. The van der Waals surface area contributed by atoms with E-state index in [1.54, 1.807) is 0 Å². The summed E-state index contributed by atoms with van der Waals surface area (Å²) < 4.78 is 5.19. The quantitative estimate of drug-likeness (QED) is 0.762. The molecule has 1 saturated carbocycles. The highest BCUT2D eigenvalue weighted by Gasteiger charge is 2.29. The lowest BCUT2D eigenvalue weighted by molar-refractivity contribution is 0.145. The van der Waals surface area contributed by atoms with Gasteiger partial charge in [0, 0.05) is 36.3 Å². The van der Waals surface area contributed by atoms with Crippen molar-refractivity contribution in [3.05, 3.63) is 23.7 Å². The lowest BCUT2D eigenvalue weighted by Crippen LogP contribution is -2.40. The van der Waals surface area contributed by atoms with Gasteiger partial charge in [0.25, 0.3) is 0 Å². The Morgan fingerprint density at radius 2 is 1.93 bits per heavy atom. The Morgan fingerprint density at radius 3 is 2.60 bits per heavy atom. The van der Waals surface area contributed by atoms with Gasteiger partial charge in [0.15, 0.2) is 0 Å². The molecule has 3 nitrogen and oxygen atoms in total. The largest absolute Gasteiger partial charge is 0.472 e. The van der Waals surface area contributed by atoms with E-state index in [1.807, 2.05) is 12.5 Å². The van der Waals surface area contributed by atoms with E-state index < -0.39 is 0 Å². The summed E-state index contributed by atoms with van der Waals surface area (Å²) in [6.07, 6.45) is 8.75. The van der Waals surface area contributed by atoms with E-state index in [0.29, 0.717) is 12.1 Å². The molecule has 3 heteroatoms. The maximum atomic E-state index is 6.03. The molecule has 0 unspecified atom stereocenters. The van der Waals surface area contributed by atoms with Crippen molar-refractivity contribution < 1.29 is 4.42 Å². The highest BCUT2D eigenvalue weighted by atomic mass is 16.3.